The summed E-state index contributed by atoms with van der Waals surface area (Å²) in [5.41, 5.74) is 0.874. The molecule has 4 nitrogen and oxygen atoms in total. The molecule has 0 aromatic heterocycles. The molecule has 0 radical (unpaired) electrons. The lowest BCUT2D eigenvalue weighted by Crippen LogP contribution is -2.38. The zero-order valence-electron chi connectivity index (χ0n) is 16.9. The van der Waals surface area contributed by atoms with E-state index in [4.69, 9.17) is 19.7 Å². The Hall–Kier alpha value is -2.27. The molecule has 0 spiro atoms. The predicted octanol–water partition coefficient (Wildman–Crippen LogP) is 3.33. The van der Waals surface area contributed by atoms with Crippen molar-refractivity contribution in [2.24, 2.45) is 5.92 Å². The number of fused-ring (bicyclic) bond motifs is 1. The van der Waals surface area contributed by atoms with Gasteiger partial charge >= 0.3 is 0 Å². The number of hydrogen-bond donors (Lipinski definition) is 1. The summed E-state index contributed by atoms with van der Waals surface area (Å²) in [6.45, 7) is -3.10. The van der Waals surface area contributed by atoms with Crippen LogP contribution in [0.3, 0.4) is 0 Å². The van der Waals surface area contributed by atoms with Gasteiger partial charge in [0, 0.05) is 18.5 Å². The van der Waals surface area contributed by atoms with Crippen molar-refractivity contribution in [2.45, 2.75) is 12.3 Å². The van der Waals surface area contributed by atoms with Crippen LogP contribution < -0.4 is 19.5 Å². The van der Waals surface area contributed by atoms with Crippen molar-refractivity contribution in [1.82, 2.24) is 5.32 Å². The van der Waals surface area contributed by atoms with Crippen molar-refractivity contribution in [3.05, 3.63) is 53.8 Å². The van der Waals surface area contributed by atoms with E-state index in [9.17, 15) is 4.39 Å². The Kier molecular flexibility index (Phi) is 3.15. The maximum Gasteiger partial charge on any atom is 0.231 e. The van der Waals surface area contributed by atoms with Crippen LogP contribution in [0.4, 0.5) is 4.39 Å². The number of piperidine rings is 1. The van der Waals surface area contributed by atoms with Gasteiger partial charge in [0.15, 0.2) is 11.5 Å². The zero-order chi connectivity index (χ0) is 19.9. The first-order valence-corrected chi connectivity index (χ1v) is 7.91. The second-order valence-corrected chi connectivity index (χ2v) is 5.87. The lowest BCUT2D eigenvalue weighted by molar-refractivity contribution is 0.173. The standard InChI is InChI=1S/C19H20FNO3/c20-15-3-1-13(2-4-15)17-7-8-21-10-14(17)11-22-16-5-6-18-19(9-16)24-12-23-18/h1-6,9,14,17,21H,7-8,10-12H2/t14?,17-/m0/s1/i11D2,12D2. The van der Waals surface area contributed by atoms with Gasteiger partial charge in [0.1, 0.15) is 14.3 Å². The van der Waals surface area contributed by atoms with Crippen molar-refractivity contribution in [2.75, 3.05) is 26.4 Å². The molecule has 5 heteroatoms. The summed E-state index contributed by atoms with van der Waals surface area (Å²) in [6, 6.07) is 10.6. The maximum absolute atomic E-state index is 13.3. The number of ether oxygens (including phenoxy) is 3. The van der Waals surface area contributed by atoms with E-state index in [1.807, 2.05) is 0 Å². The minimum absolute atomic E-state index is 0.125. The fourth-order valence-corrected chi connectivity index (χ4v) is 3.06. The van der Waals surface area contributed by atoms with E-state index >= 15 is 0 Å². The molecule has 0 aliphatic carbocycles. The maximum atomic E-state index is 13.3. The van der Waals surface area contributed by atoms with Crippen molar-refractivity contribution in [3.8, 4) is 17.2 Å². The topological polar surface area (TPSA) is 39.7 Å². The van der Waals surface area contributed by atoms with Gasteiger partial charge in [-0.3, -0.25) is 0 Å². The first-order valence-electron chi connectivity index (χ1n) is 9.91. The van der Waals surface area contributed by atoms with Crippen LogP contribution in [0.2, 0.25) is 0 Å². The van der Waals surface area contributed by atoms with Crippen LogP contribution >= 0.6 is 0 Å². The third-order valence-electron chi connectivity index (χ3n) is 4.33. The van der Waals surface area contributed by atoms with Crippen molar-refractivity contribution in [3.63, 3.8) is 0 Å². The molecular weight excluding hydrogens is 309 g/mol. The third-order valence-corrected chi connectivity index (χ3v) is 4.33. The molecule has 0 saturated carbocycles. The molecule has 126 valence electrons. The molecule has 2 heterocycles. The molecule has 0 amide bonds. The summed E-state index contributed by atoms with van der Waals surface area (Å²) in [6.07, 6.45) is 0.709. The number of halogens is 1. The molecular formula is C19H20FNO3. The zero-order valence-corrected chi connectivity index (χ0v) is 12.9. The molecule has 2 aliphatic heterocycles. The second-order valence-electron chi connectivity index (χ2n) is 5.87. The van der Waals surface area contributed by atoms with Crippen LogP contribution in [0.25, 0.3) is 0 Å². The van der Waals surface area contributed by atoms with E-state index in [0.29, 0.717) is 13.0 Å². The van der Waals surface area contributed by atoms with Crippen molar-refractivity contribution >= 4 is 0 Å². The fourth-order valence-electron chi connectivity index (χ4n) is 3.06. The van der Waals surface area contributed by atoms with Crippen LogP contribution in [0.15, 0.2) is 42.5 Å². The lowest BCUT2D eigenvalue weighted by atomic mass is 9.81. The Labute approximate surface area is 146 Å². The average Bonchev–Trinajstić information content (AvgIpc) is 2.95. The summed E-state index contributed by atoms with van der Waals surface area (Å²) in [7, 11) is 0. The number of hydrogen-bond acceptors (Lipinski definition) is 4. The summed E-state index contributed by atoms with van der Waals surface area (Å²) in [5.74, 6) is -0.331. The van der Waals surface area contributed by atoms with E-state index in [2.05, 4.69) is 5.32 Å². The van der Waals surface area contributed by atoms with Gasteiger partial charge in [0.25, 0.3) is 0 Å². The number of rotatable bonds is 4. The predicted molar refractivity (Wildman–Crippen MR) is 88.2 cm³/mol. The van der Waals surface area contributed by atoms with E-state index in [0.717, 1.165) is 12.1 Å². The quantitative estimate of drug-likeness (QED) is 0.932. The Morgan fingerprint density at radius 3 is 2.92 bits per heavy atom. The van der Waals surface area contributed by atoms with Gasteiger partial charge in [0.05, 0.1) is 9.30 Å². The van der Waals surface area contributed by atoms with Crippen molar-refractivity contribution in [1.29, 1.82) is 0 Å². The van der Waals surface area contributed by atoms with E-state index in [1.165, 1.54) is 30.3 Å². The van der Waals surface area contributed by atoms with Gasteiger partial charge in [-0.2, -0.15) is 0 Å². The Bertz CT molecular complexity index is 863. The van der Waals surface area contributed by atoms with Crippen molar-refractivity contribution < 1.29 is 24.1 Å². The molecule has 2 aromatic carbocycles. The van der Waals surface area contributed by atoms with Gasteiger partial charge in [-0.1, -0.05) is 12.1 Å². The molecule has 1 fully saturated rings. The molecule has 1 saturated heterocycles. The van der Waals surface area contributed by atoms with Gasteiger partial charge in [0.2, 0.25) is 6.75 Å². The van der Waals surface area contributed by atoms with Gasteiger partial charge in [-0.15, -0.1) is 0 Å². The second kappa shape index (κ2) is 6.69. The smallest absolute Gasteiger partial charge is 0.231 e. The summed E-state index contributed by atoms with van der Waals surface area (Å²) in [5, 5.41) is 3.20. The molecule has 0 bridgehead atoms. The first kappa shape index (κ1) is 11.3. The van der Waals surface area contributed by atoms with Crippen LogP contribution in [-0.2, 0) is 0 Å². The summed E-state index contributed by atoms with van der Waals surface area (Å²) >= 11 is 0. The summed E-state index contributed by atoms with van der Waals surface area (Å²) < 4.78 is 61.1. The van der Waals surface area contributed by atoms with Gasteiger partial charge < -0.3 is 19.5 Å². The number of benzene rings is 2. The highest BCUT2D eigenvalue weighted by atomic mass is 19.1. The molecule has 2 aliphatic rings. The summed E-state index contributed by atoms with van der Waals surface area (Å²) in [4.78, 5) is 0. The van der Waals surface area contributed by atoms with Gasteiger partial charge in [-0.25, -0.2) is 4.39 Å². The van der Waals surface area contributed by atoms with E-state index in [-0.39, 0.29) is 29.0 Å². The number of nitrogens with one attached hydrogen (secondary N) is 1. The van der Waals surface area contributed by atoms with Crippen LogP contribution in [0.1, 0.15) is 23.4 Å². The van der Waals surface area contributed by atoms with Crippen LogP contribution in [0, 0.1) is 11.7 Å². The normalized spacial score (nSPS) is 27.5. The van der Waals surface area contributed by atoms with Crippen LogP contribution in [-0.4, -0.2) is 26.4 Å². The molecule has 1 unspecified atom stereocenters. The largest absolute Gasteiger partial charge is 0.493 e. The third kappa shape index (κ3) is 3.17. The highest BCUT2D eigenvalue weighted by Crippen LogP contribution is 2.36. The van der Waals surface area contributed by atoms with Gasteiger partial charge in [-0.05, 0) is 48.7 Å². The van der Waals surface area contributed by atoms with Crippen LogP contribution in [0.5, 0.6) is 17.2 Å². The van der Waals surface area contributed by atoms with E-state index in [1.54, 1.807) is 12.1 Å². The molecule has 2 aromatic rings. The Morgan fingerprint density at radius 1 is 1.21 bits per heavy atom. The first-order chi connectivity index (χ1) is 13.2. The molecule has 1 N–H and O–H groups in total. The minimum atomic E-state index is -2.25. The SMILES string of the molecule is [2H]C1([2H])Oc2ccc(OC([2H])([2H])C3CNCC[C@H]3c3ccc(F)cc3)cc2O1. The molecule has 24 heavy (non-hydrogen) atoms. The average molecular weight is 333 g/mol. The molecule has 2 atom stereocenters. The highest BCUT2D eigenvalue weighted by molar-refractivity contribution is 5.46. The lowest BCUT2D eigenvalue weighted by Gasteiger charge is -2.32. The fraction of sp³-hybridized carbons (Fsp3) is 0.368. The molecule has 4 rings (SSSR count). The highest BCUT2D eigenvalue weighted by Gasteiger charge is 2.27. The minimum Gasteiger partial charge on any atom is -0.493 e. The monoisotopic (exact) mass is 333 g/mol. The van der Waals surface area contributed by atoms with E-state index < -0.39 is 19.2 Å². The Morgan fingerprint density at radius 2 is 2.04 bits per heavy atom. The Balaban J connectivity index is 1.56.